The molecule has 6 heteroatoms. The largest absolute Gasteiger partial charge is 0.497 e. The summed E-state index contributed by atoms with van der Waals surface area (Å²) in [5.41, 5.74) is 5.08. The van der Waals surface area contributed by atoms with Crippen LogP contribution in [0.5, 0.6) is 5.75 Å². The van der Waals surface area contributed by atoms with E-state index in [0.29, 0.717) is 6.04 Å². The molecule has 1 aliphatic heterocycles. The number of thioether (sulfide) groups is 1. The summed E-state index contributed by atoms with van der Waals surface area (Å²) in [5.74, 6) is 0.909. The Morgan fingerprint density at radius 3 is 2.89 bits per heavy atom. The molecule has 4 rings (SSSR count). The van der Waals surface area contributed by atoms with E-state index in [9.17, 15) is 0 Å². The molecule has 0 spiro atoms. The van der Waals surface area contributed by atoms with Gasteiger partial charge in [-0.1, -0.05) is 11.8 Å². The Morgan fingerprint density at radius 2 is 2.15 bits per heavy atom. The third-order valence-corrected chi connectivity index (χ3v) is 5.81. The first kappa shape index (κ1) is 18.3. The van der Waals surface area contributed by atoms with Crippen LogP contribution in [0.25, 0.3) is 10.9 Å². The van der Waals surface area contributed by atoms with Crippen molar-refractivity contribution in [3.8, 4) is 5.75 Å². The Balaban J connectivity index is 1.63. The average molecular weight is 383 g/mol. The fourth-order valence-corrected chi connectivity index (χ4v) is 4.17. The lowest BCUT2D eigenvalue weighted by atomic mass is 10.1. The lowest BCUT2D eigenvalue weighted by Crippen LogP contribution is -2.30. The van der Waals surface area contributed by atoms with Crippen LogP contribution in [0, 0.1) is 0 Å². The van der Waals surface area contributed by atoms with Gasteiger partial charge in [-0.3, -0.25) is 4.90 Å². The standard InChI is InChI=1S/C21H26N4OS/c1-14(2)25-13-16(18-9-17(26-3)5-6-20(18)25)12-24-8-7-19-15(11-24)10-22-21(23-19)27-4/h5-6,9-10,13-14H,7-8,11-12H2,1-4H3. The second-order valence-corrected chi connectivity index (χ2v) is 8.10. The van der Waals surface area contributed by atoms with E-state index in [1.807, 2.05) is 18.5 Å². The van der Waals surface area contributed by atoms with Crippen LogP contribution in [0.15, 0.2) is 35.7 Å². The van der Waals surface area contributed by atoms with Crippen LogP contribution in [-0.4, -0.2) is 39.3 Å². The van der Waals surface area contributed by atoms with Gasteiger partial charge in [-0.25, -0.2) is 9.97 Å². The molecule has 0 saturated heterocycles. The zero-order valence-electron chi connectivity index (χ0n) is 16.4. The normalized spacial score (nSPS) is 14.7. The van der Waals surface area contributed by atoms with Crippen LogP contribution in [0.4, 0.5) is 0 Å². The van der Waals surface area contributed by atoms with Crippen molar-refractivity contribution in [2.24, 2.45) is 0 Å². The van der Waals surface area contributed by atoms with E-state index < -0.39 is 0 Å². The molecule has 0 unspecified atom stereocenters. The monoisotopic (exact) mass is 382 g/mol. The van der Waals surface area contributed by atoms with Gasteiger partial charge >= 0.3 is 0 Å². The van der Waals surface area contributed by atoms with E-state index in [1.165, 1.54) is 27.7 Å². The van der Waals surface area contributed by atoms with Crippen molar-refractivity contribution in [1.82, 2.24) is 19.4 Å². The molecule has 1 aliphatic rings. The maximum absolute atomic E-state index is 5.46. The summed E-state index contributed by atoms with van der Waals surface area (Å²) in [6.45, 7) is 7.31. The van der Waals surface area contributed by atoms with E-state index >= 15 is 0 Å². The van der Waals surface area contributed by atoms with E-state index in [-0.39, 0.29) is 0 Å². The minimum absolute atomic E-state index is 0.426. The Kier molecular flexibility index (Phi) is 5.10. The molecule has 3 heterocycles. The molecule has 0 fully saturated rings. The second-order valence-electron chi connectivity index (χ2n) is 7.33. The van der Waals surface area contributed by atoms with Gasteiger partial charge in [-0.15, -0.1) is 0 Å². The highest BCUT2D eigenvalue weighted by molar-refractivity contribution is 7.98. The summed E-state index contributed by atoms with van der Waals surface area (Å²) in [6.07, 6.45) is 7.31. The van der Waals surface area contributed by atoms with Crippen LogP contribution in [0.3, 0.4) is 0 Å². The molecule has 0 saturated carbocycles. The molecule has 3 aromatic rings. The number of hydrogen-bond acceptors (Lipinski definition) is 5. The van der Waals surface area contributed by atoms with Gasteiger partial charge in [-0.2, -0.15) is 0 Å². The fraction of sp³-hybridized carbons (Fsp3) is 0.429. The highest BCUT2D eigenvalue weighted by atomic mass is 32.2. The quantitative estimate of drug-likeness (QED) is 0.486. The number of fused-ring (bicyclic) bond motifs is 2. The summed E-state index contributed by atoms with van der Waals surface area (Å²) in [4.78, 5) is 11.6. The molecule has 27 heavy (non-hydrogen) atoms. The van der Waals surface area contributed by atoms with Crippen LogP contribution >= 0.6 is 11.8 Å². The lowest BCUT2D eigenvalue weighted by Gasteiger charge is -2.27. The van der Waals surface area contributed by atoms with Crippen LogP contribution < -0.4 is 4.74 Å². The van der Waals surface area contributed by atoms with Crippen LogP contribution in [0.2, 0.25) is 0 Å². The van der Waals surface area contributed by atoms with Crippen molar-refractivity contribution in [1.29, 1.82) is 0 Å². The molecule has 142 valence electrons. The minimum Gasteiger partial charge on any atom is -0.497 e. The lowest BCUT2D eigenvalue weighted by molar-refractivity contribution is 0.242. The topological polar surface area (TPSA) is 43.2 Å². The minimum atomic E-state index is 0.426. The fourth-order valence-electron chi connectivity index (χ4n) is 3.82. The average Bonchev–Trinajstić information content (AvgIpc) is 3.05. The number of aromatic nitrogens is 3. The van der Waals surface area contributed by atoms with Gasteiger partial charge in [0.1, 0.15) is 5.75 Å². The maximum Gasteiger partial charge on any atom is 0.187 e. The first-order valence-electron chi connectivity index (χ1n) is 9.37. The van der Waals surface area contributed by atoms with Crippen LogP contribution in [0.1, 0.15) is 36.7 Å². The van der Waals surface area contributed by atoms with Gasteiger partial charge in [0.2, 0.25) is 0 Å². The Labute approximate surface area is 164 Å². The number of rotatable bonds is 5. The third-order valence-electron chi connectivity index (χ3n) is 5.25. The second kappa shape index (κ2) is 7.52. The van der Waals surface area contributed by atoms with Crippen molar-refractivity contribution >= 4 is 22.7 Å². The van der Waals surface area contributed by atoms with Crippen molar-refractivity contribution in [2.45, 2.75) is 44.6 Å². The van der Waals surface area contributed by atoms with Crippen molar-refractivity contribution in [2.75, 3.05) is 19.9 Å². The Hall–Kier alpha value is -2.05. The molecule has 5 nitrogen and oxygen atoms in total. The molecule has 1 aromatic carbocycles. The first-order chi connectivity index (χ1) is 13.1. The van der Waals surface area contributed by atoms with Crippen molar-refractivity contribution in [3.63, 3.8) is 0 Å². The highest BCUT2D eigenvalue weighted by Gasteiger charge is 2.20. The third kappa shape index (κ3) is 3.56. The number of methoxy groups -OCH3 is 1. The number of hydrogen-bond donors (Lipinski definition) is 0. The first-order valence-corrected chi connectivity index (χ1v) is 10.6. The smallest absolute Gasteiger partial charge is 0.187 e. The Morgan fingerprint density at radius 1 is 1.30 bits per heavy atom. The van der Waals surface area contributed by atoms with Gasteiger partial charge < -0.3 is 9.30 Å². The molecule has 0 N–H and O–H groups in total. The summed E-state index contributed by atoms with van der Waals surface area (Å²) in [6, 6.07) is 6.80. The number of nitrogens with zero attached hydrogens (tertiary/aromatic N) is 4. The SMILES string of the molecule is COc1ccc2c(c1)c(CN1CCc3nc(SC)ncc3C1)cn2C(C)C. The van der Waals surface area contributed by atoms with E-state index in [4.69, 9.17) is 4.74 Å². The van der Waals surface area contributed by atoms with Gasteiger partial charge in [0, 0.05) is 61.0 Å². The predicted molar refractivity (Wildman–Crippen MR) is 111 cm³/mol. The molecular weight excluding hydrogens is 356 g/mol. The molecule has 0 atom stereocenters. The molecule has 0 radical (unpaired) electrons. The molecule has 0 amide bonds. The molecule has 0 bridgehead atoms. The summed E-state index contributed by atoms with van der Waals surface area (Å²) >= 11 is 1.60. The maximum atomic E-state index is 5.46. The predicted octanol–water partition coefficient (Wildman–Crippen LogP) is 4.30. The number of benzene rings is 1. The van der Waals surface area contributed by atoms with E-state index in [2.05, 4.69) is 51.6 Å². The van der Waals surface area contributed by atoms with Gasteiger partial charge in [-0.05, 0) is 43.9 Å². The van der Waals surface area contributed by atoms with Crippen molar-refractivity contribution in [3.05, 3.63) is 47.4 Å². The summed E-state index contributed by atoms with van der Waals surface area (Å²) < 4.78 is 7.82. The zero-order valence-corrected chi connectivity index (χ0v) is 17.2. The van der Waals surface area contributed by atoms with Crippen LogP contribution in [-0.2, 0) is 19.5 Å². The Bertz CT molecular complexity index is 966. The molecule has 0 aliphatic carbocycles. The zero-order chi connectivity index (χ0) is 19.0. The summed E-state index contributed by atoms with van der Waals surface area (Å²) in [5, 5.41) is 2.15. The van der Waals surface area contributed by atoms with E-state index in [0.717, 1.165) is 37.0 Å². The van der Waals surface area contributed by atoms with E-state index in [1.54, 1.807) is 18.9 Å². The van der Waals surface area contributed by atoms with Gasteiger partial charge in [0.25, 0.3) is 0 Å². The molecular formula is C21H26N4OS. The van der Waals surface area contributed by atoms with Gasteiger partial charge in [0.05, 0.1) is 12.8 Å². The highest BCUT2D eigenvalue weighted by Crippen LogP contribution is 2.30. The number of ether oxygens (including phenoxy) is 1. The summed E-state index contributed by atoms with van der Waals surface area (Å²) in [7, 11) is 1.73. The van der Waals surface area contributed by atoms with Crippen molar-refractivity contribution < 1.29 is 4.74 Å². The van der Waals surface area contributed by atoms with Gasteiger partial charge in [0.15, 0.2) is 5.16 Å². The molecule has 2 aromatic heterocycles.